The predicted molar refractivity (Wildman–Crippen MR) is 105 cm³/mol. The zero-order chi connectivity index (χ0) is 18.7. The molecule has 2 heterocycles. The van der Waals surface area contributed by atoms with Gasteiger partial charge >= 0.3 is 0 Å². The van der Waals surface area contributed by atoms with Crippen LogP contribution in [0.5, 0.6) is 0 Å². The molecule has 2 amide bonds. The topological polar surface area (TPSA) is 98.0 Å². The van der Waals surface area contributed by atoms with Gasteiger partial charge in [0.05, 0.1) is 29.1 Å². The normalized spacial score (nSPS) is 10.5. The Bertz CT molecular complexity index is 987. The molecular formula is C18H15BrN4O2S. The van der Waals surface area contributed by atoms with E-state index >= 15 is 0 Å². The second-order valence-corrected chi connectivity index (χ2v) is 7.35. The monoisotopic (exact) mass is 430 g/mol. The lowest BCUT2D eigenvalue weighted by atomic mass is 10.1. The maximum atomic E-state index is 12.5. The van der Waals surface area contributed by atoms with E-state index in [0.29, 0.717) is 22.1 Å². The quantitative estimate of drug-likeness (QED) is 0.646. The van der Waals surface area contributed by atoms with Gasteiger partial charge in [0.2, 0.25) is 5.91 Å². The van der Waals surface area contributed by atoms with Crippen LogP contribution >= 0.6 is 27.3 Å². The van der Waals surface area contributed by atoms with E-state index in [0.717, 1.165) is 15.7 Å². The Kier molecular flexibility index (Phi) is 5.43. The fourth-order valence-electron chi connectivity index (χ4n) is 2.40. The summed E-state index contributed by atoms with van der Waals surface area (Å²) in [5.41, 5.74) is 8.52. The minimum atomic E-state index is -0.462. The summed E-state index contributed by atoms with van der Waals surface area (Å²) in [6.07, 6.45) is 0.0499. The van der Waals surface area contributed by atoms with Crippen molar-refractivity contribution in [3.63, 3.8) is 0 Å². The Morgan fingerprint density at radius 1 is 1.23 bits per heavy atom. The van der Waals surface area contributed by atoms with Gasteiger partial charge in [0.1, 0.15) is 0 Å². The second kappa shape index (κ2) is 7.76. The third kappa shape index (κ3) is 4.33. The van der Waals surface area contributed by atoms with Crippen LogP contribution in [0.2, 0.25) is 0 Å². The van der Waals surface area contributed by atoms with Crippen molar-refractivity contribution in [3.8, 4) is 11.3 Å². The summed E-state index contributed by atoms with van der Waals surface area (Å²) in [4.78, 5) is 32.1. The van der Waals surface area contributed by atoms with Gasteiger partial charge in [-0.25, -0.2) is 4.98 Å². The smallest absolute Gasteiger partial charge is 0.259 e. The van der Waals surface area contributed by atoms with Crippen LogP contribution in [0.25, 0.3) is 11.3 Å². The molecule has 0 saturated heterocycles. The molecule has 0 aliphatic rings. The lowest BCUT2D eigenvalue weighted by Gasteiger charge is -2.08. The number of rotatable bonds is 5. The van der Waals surface area contributed by atoms with Gasteiger partial charge in [0, 0.05) is 15.4 Å². The van der Waals surface area contributed by atoms with Gasteiger partial charge in [0.15, 0.2) is 5.13 Å². The van der Waals surface area contributed by atoms with Crippen molar-refractivity contribution in [2.24, 2.45) is 5.73 Å². The molecule has 0 radical (unpaired) electrons. The molecule has 0 aliphatic carbocycles. The molecule has 0 spiro atoms. The highest BCUT2D eigenvalue weighted by Gasteiger charge is 2.14. The van der Waals surface area contributed by atoms with Crippen LogP contribution in [0.15, 0.2) is 46.3 Å². The highest BCUT2D eigenvalue weighted by Crippen LogP contribution is 2.23. The summed E-state index contributed by atoms with van der Waals surface area (Å²) >= 11 is 4.69. The molecule has 132 valence electrons. The van der Waals surface area contributed by atoms with Crippen molar-refractivity contribution in [3.05, 3.63) is 63.2 Å². The number of carbonyl (C=O) groups is 2. The molecule has 1 aromatic carbocycles. The third-order valence-corrected chi connectivity index (χ3v) is 4.88. The van der Waals surface area contributed by atoms with Gasteiger partial charge in [-0.3, -0.25) is 19.9 Å². The van der Waals surface area contributed by atoms with Crippen molar-refractivity contribution in [1.29, 1.82) is 0 Å². The number of thiazole rings is 1. The first kappa shape index (κ1) is 18.2. The Hall–Kier alpha value is -2.58. The number of aromatic nitrogens is 2. The van der Waals surface area contributed by atoms with Crippen LogP contribution in [0.3, 0.4) is 0 Å². The minimum Gasteiger partial charge on any atom is -0.369 e. The second-order valence-electron chi connectivity index (χ2n) is 5.58. The molecule has 6 nitrogen and oxygen atoms in total. The number of amides is 2. The maximum absolute atomic E-state index is 12.5. The number of halogens is 1. The van der Waals surface area contributed by atoms with Gasteiger partial charge in [0.25, 0.3) is 5.91 Å². The number of nitrogens with one attached hydrogen (secondary N) is 1. The number of primary amides is 1. The standard InChI is InChI=1S/C18H15BrN4O2S/c1-10-14(5-6-15(21-10)11-3-2-4-12(19)7-11)17(25)23-18-22-13(9-26-18)8-16(20)24/h2-7,9H,8H2,1H3,(H2,20,24)(H,22,23,25). The Balaban J connectivity index is 1.77. The summed E-state index contributed by atoms with van der Waals surface area (Å²) < 4.78 is 0.965. The van der Waals surface area contributed by atoms with Gasteiger partial charge in [-0.05, 0) is 31.2 Å². The Labute approximate surface area is 162 Å². The molecule has 3 rings (SSSR count). The van der Waals surface area contributed by atoms with E-state index in [1.807, 2.05) is 30.3 Å². The van der Waals surface area contributed by atoms with Crippen LogP contribution in [-0.2, 0) is 11.2 Å². The van der Waals surface area contributed by atoms with Crippen molar-refractivity contribution in [2.45, 2.75) is 13.3 Å². The minimum absolute atomic E-state index is 0.0499. The van der Waals surface area contributed by atoms with E-state index in [-0.39, 0.29) is 12.3 Å². The maximum Gasteiger partial charge on any atom is 0.259 e. The summed E-state index contributed by atoms with van der Waals surface area (Å²) in [7, 11) is 0. The molecule has 0 unspecified atom stereocenters. The largest absolute Gasteiger partial charge is 0.369 e. The lowest BCUT2D eigenvalue weighted by Crippen LogP contribution is -2.15. The van der Waals surface area contributed by atoms with E-state index < -0.39 is 5.91 Å². The molecule has 26 heavy (non-hydrogen) atoms. The van der Waals surface area contributed by atoms with E-state index in [4.69, 9.17) is 5.73 Å². The number of hydrogen-bond acceptors (Lipinski definition) is 5. The van der Waals surface area contributed by atoms with Crippen LogP contribution in [0.4, 0.5) is 5.13 Å². The zero-order valence-corrected chi connectivity index (χ0v) is 16.2. The molecule has 3 N–H and O–H groups in total. The number of hydrogen-bond donors (Lipinski definition) is 2. The van der Waals surface area contributed by atoms with Crippen LogP contribution < -0.4 is 11.1 Å². The molecule has 8 heteroatoms. The molecule has 0 aliphatic heterocycles. The summed E-state index contributed by atoms with van der Waals surface area (Å²) in [6.45, 7) is 1.79. The van der Waals surface area contributed by atoms with E-state index in [1.165, 1.54) is 11.3 Å². The molecular weight excluding hydrogens is 416 g/mol. The number of carbonyl (C=O) groups excluding carboxylic acids is 2. The fourth-order valence-corrected chi connectivity index (χ4v) is 3.50. The van der Waals surface area contributed by atoms with Gasteiger partial charge in [-0.2, -0.15) is 0 Å². The van der Waals surface area contributed by atoms with Crippen molar-refractivity contribution in [2.75, 3.05) is 5.32 Å². The summed E-state index contributed by atoms with van der Waals surface area (Å²) in [6, 6.07) is 11.4. The van der Waals surface area contributed by atoms with Crippen LogP contribution in [0.1, 0.15) is 21.7 Å². The average Bonchev–Trinajstić information content (AvgIpc) is 3.00. The molecule has 3 aromatic rings. The highest BCUT2D eigenvalue weighted by molar-refractivity contribution is 9.10. The van der Waals surface area contributed by atoms with Gasteiger partial charge < -0.3 is 5.73 Å². The van der Waals surface area contributed by atoms with E-state index in [1.54, 1.807) is 18.4 Å². The number of pyridine rings is 1. The predicted octanol–water partition coefficient (Wildman–Crippen LogP) is 3.56. The van der Waals surface area contributed by atoms with Gasteiger partial charge in [-0.15, -0.1) is 11.3 Å². The van der Waals surface area contributed by atoms with Crippen LogP contribution in [0, 0.1) is 6.92 Å². The number of benzene rings is 1. The Morgan fingerprint density at radius 2 is 2.04 bits per heavy atom. The number of anilines is 1. The molecule has 0 saturated carbocycles. The third-order valence-electron chi connectivity index (χ3n) is 3.58. The first-order valence-electron chi connectivity index (χ1n) is 7.70. The SMILES string of the molecule is Cc1nc(-c2cccc(Br)c2)ccc1C(=O)Nc1nc(CC(N)=O)cs1. The first-order valence-corrected chi connectivity index (χ1v) is 9.37. The average molecular weight is 431 g/mol. The lowest BCUT2D eigenvalue weighted by molar-refractivity contribution is -0.117. The molecule has 0 bridgehead atoms. The molecule has 2 aromatic heterocycles. The molecule has 0 fully saturated rings. The van der Waals surface area contributed by atoms with Crippen molar-refractivity contribution >= 4 is 44.2 Å². The van der Waals surface area contributed by atoms with Crippen LogP contribution in [-0.4, -0.2) is 21.8 Å². The number of nitrogens with two attached hydrogens (primary N) is 1. The summed E-state index contributed by atoms with van der Waals surface area (Å²) in [5.74, 6) is -0.757. The fraction of sp³-hybridized carbons (Fsp3) is 0.111. The van der Waals surface area contributed by atoms with Crippen molar-refractivity contribution < 1.29 is 9.59 Å². The number of aryl methyl sites for hydroxylation is 1. The van der Waals surface area contributed by atoms with E-state index in [2.05, 4.69) is 31.2 Å². The van der Waals surface area contributed by atoms with E-state index in [9.17, 15) is 9.59 Å². The van der Waals surface area contributed by atoms with Gasteiger partial charge in [-0.1, -0.05) is 28.1 Å². The molecule has 0 atom stereocenters. The zero-order valence-electron chi connectivity index (χ0n) is 13.8. The first-order chi connectivity index (χ1) is 12.4. The summed E-state index contributed by atoms with van der Waals surface area (Å²) in [5, 5.41) is 4.84. The van der Waals surface area contributed by atoms with Crippen molar-refractivity contribution in [1.82, 2.24) is 9.97 Å². The Morgan fingerprint density at radius 3 is 2.73 bits per heavy atom. The highest BCUT2D eigenvalue weighted by atomic mass is 79.9. The number of nitrogens with zero attached hydrogens (tertiary/aromatic N) is 2.